The topological polar surface area (TPSA) is 99.0 Å². The molecule has 1 aromatic rings. The standard InChI is InChI=1S/C12H23N5O/c1-4-5-6-9(7-13)15-12-10(11(14)18)8(2)16-17(12)3/h9,15H,4-7,13H2,1-3H3,(H2,14,18). The Morgan fingerprint density at radius 2 is 2.22 bits per heavy atom. The summed E-state index contributed by atoms with van der Waals surface area (Å²) >= 11 is 0. The molecule has 0 spiro atoms. The van der Waals surface area contributed by atoms with Crippen molar-refractivity contribution in [3.05, 3.63) is 11.3 Å². The van der Waals surface area contributed by atoms with E-state index < -0.39 is 5.91 Å². The predicted molar refractivity (Wildman–Crippen MR) is 72.5 cm³/mol. The Balaban J connectivity index is 2.91. The van der Waals surface area contributed by atoms with Crippen LogP contribution in [0.15, 0.2) is 0 Å². The molecule has 1 amide bonds. The molecule has 0 aliphatic heterocycles. The zero-order valence-corrected chi connectivity index (χ0v) is 11.4. The normalized spacial score (nSPS) is 12.4. The monoisotopic (exact) mass is 253 g/mol. The van der Waals surface area contributed by atoms with E-state index in [1.807, 2.05) is 0 Å². The number of unbranched alkanes of at least 4 members (excludes halogenated alkanes) is 1. The van der Waals surface area contributed by atoms with E-state index in [1.165, 1.54) is 0 Å². The van der Waals surface area contributed by atoms with E-state index >= 15 is 0 Å². The molecule has 0 saturated carbocycles. The van der Waals surface area contributed by atoms with Crippen molar-refractivity contribution in [3.63, 3.8) is 0 Å². The first-order valence-electron chi connectivity index (χ1n) is 6.31. The first-order valence-corrected chi connectivity index (χ1v) is 6.31. The number of carbonyl (C=O) groups is 1. The Morgan fingerprint density at radius 3 is 2.72 bits per heavy atom. The second kappa shape index (κ2) is 6.39. The van der Waals surface area contributed by atoms with E-state index in [1.54, 1.807) is 18.7 Å². The minimum Gasteiger partial charge on any atom is -0.366 e. The highest BCUT2D eigenvalue weighted by atomic mass is 16.1. The first-order chi connectivity index (χ1) is 8.51. The number of hydrogen-bond acceptors (Lipinski definition) is 4. The molecular formula is C12H23N5O. The van der Waals surface area contributed by atoms with Gasteiger partial charge in [-0.1, -0.05) is 19.8 Å². The fourth-order valence-corrected chi connectivity index (χ4v) is 2.01. The van der Waals surface area contributed by atoms with Crippen molar-refractivity contribution in [2.24, 2.45) is 18.5 Å². The summed E-state index contributed by atoms with van der Waals surface area (Å²) in [5.74, 6) is 0.195. The number of aryl methyl sites for hydroxylation is 2. The lowest BCUT2D eigenvalue weighted by molar-refractivity contribution is 0.100. The Bertz CT molecular complexity index is 413. The van der Waals surface area contributed by atoms with Crippen LogP contribution in [0.2, 0.25) is 0 Å². The number of hydrogen-bond donors (Lipinski definition) is 3. The molecule has 0 saturated heterocycles. The Morgan fingerprint density at radius 1 is 1.56 bits per heavy atom. The van der Waals surface area contributed by atoms with E-state index in [0.29, 0.717) is 23.6 Å². The van der Waals surface area contributed by atoms with Gasteiger partial charge in [0.15, 0.2) is 0 Å². The molecule has 0 radical (unpaired) electrons. The third-order valence-corrected chi connectivity index (χ3v) is 3.00. The highest BCUT2D eigenvalue weighted by molar-refractivity contribution is 5.98. The molecule has 0 bridgehead atoms. The molecule has 1 atom stereocenters. The predicted octanol–water partition coefficient (Wildman–Crippen LogP) is 0.757. The van der Waals surface area contributed by atoms with Crippen LogP contribution in [0.5, 0.6) is 0 Å². The number of amides is 1. The van der Waals surface area contributed by atoms with Crippen molar-refractivity contribution < 1.29 is 4.79 Å². The van der Waals surface area contributed by atoms with Gasteiger partial charge in [-0.15, -0.1) is 0 Å². The lowest BCUT2D eigenvalue weighted by Crippen LogP contribution is -2.30. The molecule has 6 heteroatoms. The number of nitrogens with zero attached hydrogens (tertiary/aromatic N) is 2. The maximum Gasteiger partial charge on any atom is 0.254 e. The average molecular weight is 253 g/mol. The lowest BCUT2D eigenvalue weighted by Gasteiger charge is -2.18. The maximum absolute atomic E-state index is 11.4. The Hall–Kier alpha value is -1.56. The largest absolute Gasteiger partial charge is 0.366 e. The van der Waals surface area contributed by atoms with Crippen molar-refractivity contribution in [1.82, 2.24) is 9.78 Å². The summed E-state index contributed by atoms with van der Waals surface area (Å²) in [6.07, 6.45) is 3.18. The number of aromatic nitrogens is 2. The fraction of sp³-hybridized carbons (Fsp3) is 0.667. The maximum atomic E-state index is 11.4. The third-order valence-electron chi connectivity index (χ3n) is 3.00. The van der Waals surface area contributed by atoms with Crippen LogP contribution in [0.3, 0.4) is 0 Å². The van der Waals surface area contributed by atoms with Gasteiger partial charge in [-0.2, -0.15) is 5.10 Å². The summed E-state index contributed by atoms with van der Waals surface area (Å²) in [4.78, 5) is 11.4. The van der Waals surface area contributed by atoms with Crippen LogP contribution >= 0.6 is 0 Å². The van der Waals surface area contributed by atoms with Gasteiger partial charge >= 0.3 is 0 Å². The summed E-state index contributed by atoms with van der Waals surface area (Å²) < 4.78 is 1.64. The molecule has 1 heterocycles. The molecule has 102 valence electrons. The third kappa shape index (κ3) is 3.22. The SMILES string of the molecule is CCCCC(CN)Nc1c(C(N)=O)c(C)nn1C. The first kappa shape index (κ1) is 14.5. The van der Waals surface area contributed by atoms with Crippen LogP contribution in [0.1, 0.15) is 42.2 Å². The second-order valence-corrected chi connectivity index (χ2v) is 4.52. The molecule has 1 unspecified atom stereocenters. The smallest absolute Gasteiger partial charge is 0.254 e. The zero-order chi connectivity index (χ0) is 13.7. The van der Waals surface area contributed by atoms with Crippen LogP contribution in [-0.2, 0) is 7.05 Å². The van der Waals surface area contributed by atoms with Crippen molar-refractivity contribution in [3.8, 4) is 0 Å². The van der Waals surface area contributed by atoms with Gasteiger partial charge in [-0.05, 0) is 13.3 Å². The Kier molecular flexibility index (Phi) is 5.15. The second-order valence-electron chi connectivity index (χ2n) is 4.52. The summed E-state index contributed by atoms with van der Waals surface area (Å²) in [6, 6.07) is 0.137. The molecular weight excluding hydrogens is 230 g/mol. The number of nitrogens with two attached hydrogens (primary N) is 2. The van der Waals surface area contributed by atoms with Gasteiger partial charge in [0.05, 0.1) is 5.69 Å². The summed E-state index contributed by atoms with van der Waals surface area (Å²) in [6.45, 7) is 4.42. The molecule has 0 fully saturated rings. The van der Waals surface area contributed by atoms with Crippen LogP contribution < -0.4 is 16.8 Å². The van der Waals surface area contributed by atoms with Gasteiger partial charge in [0.25, 0.3) is 5.91 Å². The molecule has 0 aromatic carbocycles. The van der Waals surface area contributed by atoms with Gasteiger partial charge in [-0.3, -0.25) is 9.48 Å². The van der Waals surface area contributed by atoms with Crippen molar-refractivity contribution in [2.45, 2.75) is 39.2 Å². The van der Waals surface area contributed by atoms with Crippen LogP contribution in [0, 0.1) is 6.92 Å². The van der Waals surface area contributed by atoms with E-state index in [-0.39, 0.29) is 6.04 Å². The van der Waals surface area contributed by atoms with Gasteiger partial charge < -0.3 is 16.8 Å². The van der Waals surface area contributed by atoms with Crippen molar-refractivity contribution in [2.75, 3.05) is 11.9 Å². The molecule has 5 N–H and O–H groups in total. The lowest BCUT2D eigenvalue weighted by atomic mass is 10.1. The van der Waals surface area contributed by atoms with Gasteiger partial charge in [-0.25, -0.2) is 0 Å². The summed E-state index contributed by atoms with van der Waals surface area (Å²) in [5, 5.41) is 7.49. The zero-order valence-electron chi connectivity index (χ0n) is 11.4. The molecule has 1 rings (SSSR count). The van der Waals surface area contributed by atoms with Crippen LogP contribution in [0.4, 0.5) is 5.82 Å². The number of anilines is 1. The Labute approximate surface area is 108 Å². The average Bonchev–Trinajstić information content (AvgIpc) is 2.59. The quantitative estimate of drug-likeness (QED) is 0.668. The van der Waals surface area contributed by atoms with Crippen molar-refractivity contribution >= 4 is 11.7 Å². The highest BCUT2D eigenvalue weighted by Gasteiger charge is 2.19. The van der Waals surface area contributed by atoms with E-state index in [9.17, 15) is 4.79 Å². The fourth-order valence-electron chi connectivity index (χ4n) is 2.01. The molecule has 1 aromatic heterocycles. The van der Waals surface area contributed by atoms with E-state index in [4.69, 9.17) is 11.5 Å². The van der Waals surface area contributed by atoms with E-state index in [0.717, 1.165) is 19.3 Å². The number of rotatable bonds is 7. The van der Waals surface area contributed by atoms with Crippen LogP contribution in [0.25, 0.3) is 0 Å². The van der Waals surface area contributed by atoms with E-state index in [2.05, 4.69) is 17.3 Å². The van der Waals surface area contributed by atoms with Gasteiger partial charge in [0, 0.05) is 19.6 Å². The molecule has 18 heavy (non-hydrogen) atoms. The van der Waals surface area contributed by atoms with Gasteiger partial charge in [0.2, 0.25) is 0 Å². The van der Waals surface area contributed by atoms with Crippen molar-refractivity contribution in [1.29, 1.82) is 0 Å². The minimum atomic E-state index is -0.464. The highest BCUT2D eigenvalue weighted by Crippen LogP contribution is 2.19. The van der Waals surface area contributed by atoms with Gasteiger partial charge in [0.1, 0.15) is 11.4 Å². The van der Waals surface area contributed by atoms with Crippen LogP contribution in [-0.4, -0.2) is 28.3 Å². The molecule has 6 nitrogen and oxygen atoms in total. The number of primary amides is 1. The summed E-state index contributed by atoms with van der Waals surface area (Å²) in [7, 11) is 1.79. The minimum absolute atomic E-state index is 0.137. The molecule has 0 aliphatic rings. The molecule has 0 aliphatic carbocycles. The number of nitrogens with one attached hydrogen (secondary N) is 1. The number of carbonyl (C=O) groups excluding carboxylic acids is 1. The summed E-state index contributed by atoms with van der Waals surface area (Å²) in [5.41, 5.74) is 12.2.